The number of carboxylic acid groups (broad SMARTS) is 1. The van der Waals surface area contributed by atoms with E-state index in [1.54, 1.807) is 18.2 Å². The third-order valence-corrected chi connectivity index (χ3v) is 3.86. The van der Waals surface area contributed by atoms with Crippen molar-refractivity contribution in [2.45, 2.75) is 6.92 Å². The summed E-state index contributed by atoms with van der Waals surface area (Å²) in [6.07, 6.45) is 0. The third kappa shape index (κ3) is 3.27. The molecule has 0 bridgehead atoms. The standard InChI is InChI=1S/C19H15NO6/c1-10-3-2-4-11(7-10)12-5-6-13-14(8-12)26-19(25)16(17(13)23)18(24)20-9-15(21)22/h2-8,23H,9H2,1H3,(H,20,24)(H,21,22). The molecule has 2 aromatic carbocycles. The molecule has 7 nitrogen and oxygen atoms in total. The monoisotopic (exact) mass is 353 g/mol. The number of hydrogen-bond donors (Lipinski definition) is 3. The van der Waals surface area contributed by atoms with E-state index in [0.29, 0.717) is 0 Å². The van der Waals surface area contributed by atoms with Crippen LogP contribution in [-0.4, -0.2) is 28.6 Å². The van der Waals surface area contributed by atoms with E-state index in [0.717, 1.165) is 16.7 Å². The van der Waals surface area contributed by atoms with Crippen LogP contribution in [0.25, 0.3) is 22.1 Å². The lowest BCUT2D eigenvalue weighted by atomic mass is 10.0. The summed E-state index contributed by atoms with van der Waals surface area (Å²) in [7, 11) is 0. The summed E-state index contributed by atoms with van der Waals surface area (Å²) < 4.78 is 5.17. The smallest absolute Gasteiger partial charge is 0.353 e. The molecular weight excluding hydrogens is 338 g/mol. The number of hydrogen-bond acceptors (Lipinski definition) is 5. The molecule has 1 amide bonds. The number of aromatic hydroxyl groups is 1. The highest BCUT2D eigenvalue weighted by molar-refractivity contribution is 6.02. The van der Waals surface area contributed by atoms with Crippen LogP contribution in [0.1, 0.15) is 15.9 Å². The van der Waals surface area contributed by atoms with Gasteiger partial charge in [0.2, 0.25) is 0 Å². The van der Waals surface area contributed by atoms with Crippen molar-refractivity contribution in [1.82, 2.24) is 5.32 Å². The van der Waals surface area contributed by atoms with E-state index in [9.17, 15) is 19.5 Å². The fraction of sp³-hybridized carbons (Fsp3) is 0.105. The lowest BCUT2D eigenvalue weighted by Crippen LogP contribution is -2.32. The van der Waals surface area contributed by atoms with Crippen molar-refractivity contribution in [1.29, 1.82) is 0 Å². The summed E-state index contributed by atoms with van der Waals surface area (Å²) in [6.45, 7) is 1.28. The minimum absolute atomic E-state index is 0.126. The molecule has 0 saturated carbocycles. The number of fused-ring (bicyclic) bond motifs is 1. The van der Waals surface area contributed by atoms with Crippen LogP contribution in [0.4, 0.5) is 0 Å². The van der Waals surface area contributed by atoms with Gasteiger partial charge in [0.25, 0.3) is 5.91 Å². The molecule has 3 rings (SSSR count). The Labute approximate surface area is 147 Å². The van der Waals surface area contributed by atoms with Crippen LogP contribution >= 0.6 is 0 Å². The van der Waals surface area contributed by atoms with Gasteiger partial charge in [0.05, 0.1) is 5.39 Å². The van der Waals surface area contributed by atoms with Gasteiger partial charge in [-0.15, -0.1) is 0 Å². The molecule has 0 aliphatic heterocycles. The molecule has 0 aliphatic rings. The van der Waals surface area contributed by atoms with Gasteiger partial charge in [-0.2, -0.15) is 0 Å². The van der Waals surface area contributed by atoms with Crippen LogP contribution in [-0.2, 0) is 4.79 Å². The van der Waals surface area contributed by atoms with Crippen molar-refractivity contribution in [2.75, 3.05) is 6.54 Å². The molecule has 0 atom stereocenters. The maximum Gasteiger partial charge on any atom is 0.353 e. The number of amides is 1. The van der Waals surface area contributed by atoms with E-state index in [1.807, 2.05) is 36.5 Å². The molecule has 0 spiro atoms. The van der Waals surface area contributed by atoms with Gasteiger partial charge in [-0.25, -0.2) is 4.79 Å². The van der Waals surface area contributed by atoms with Crippen LogP contribution in [0.2, 0.25) is 0 Å². The molecular formula is C19H15NO6. The number of rotatable bonds is 4. The normalized spacial score (nSPS) is 10.7. The second-order valence-corrected chi connectivity index (χ2v) is 5.77. The van der Waals surface area contributed by atoms with Gasteiger partial charge in [-0.1, -0.05) is 35.9 Å². The van der Waals surface area contributed by atoms with E-state index >= 15 is 0 Å². The Hall–Kier alpha value is -3.61. The zero-order valence-corrected chi connectivity index (χ0v) is 13.8. The molecule has 1 heterocycles. The fourth-order valence-corrected chi connectivity index (χ4v) is 2.63. The maximum absolute atomic E-state index is 12.1. The van der Waals surface area contributed by atoms with Crippen LogP contribution in [0, 0.1) is 6.92 Å². The molecule has 26 heavy (non-hydrogen) atoms. The predicted octanol–water partition coefficient (Wildman–Crippen LogP) is 2.29. The van der Waals surface area contributed by atoms with Gasteiger partial charge < -0.3 is 19.9 Å². The second kappa shape index (κ2) is 6.72. The van der Waals surface area contributed by atoms with Gasteiger partial charge in [-0.3, -0.25) is 9.59 Å². The summed E-state index contributed by atoms with van der Waals surface area (Å²) in [6, 6.07) is 12.6. The summed E-state index contributed by atoms with van der Waals surface area (Å²) in [5, 5.41) is 21.1. The van der Waals surface area contributed by atoms with Gasteiger partial charge in [0, 0.05) is 0 Å². The predicted molar refractivity (Wildman–Crippen MR) is 94.3 cm³/mol. The fourth-order valence-electron chi connectivity index (χ4n) is 2.63. The lowest BCUT2D eigenvalue weighted by Gasteiger charge is -2.08. The van der Waals surface area contributed by atoms with Gasteiger partial charge in [-0.05, 0) is 30.2 Å². The Morgan fingerprint density at radius 1 is 1.12 bits per heavy atom. The highest BCUT2D eigenvalue weighted by Gasteiger charge is 2.21. The molecule has 0 aliphatic carbocycles. The van der Waals surface area contributed by atoms with E-state index in [4.69, 9.17) is 9.52 Å². The molecule has 3 aromatic rings. The topological polar surface area (TPSA) is 117 Å². The maximum atomic E-state index is 12.1. The third-order valence-electron chi connectivity index (χ3n) is 3.86. The second-order valence-electron chi connectivity index (χ2n) is 5.77. The minimum Gasteiger partial charge on any atom is -0.506 e. The Morgan fingerprint density at radius 2 is 1.85 bits per heavy atom. The minimum atomic E-state index is -1.27. The van der Waals surface area contributed by atoms with Crippen LogP contribution in [0.3, 0.4) is 0 Å². The molecule has 3 N–H and O–H groups in total. The average Bonchev–Trinajstić information content (AvgIpc) is 2.59. The van der Waals surface area contributed by atoms with E-state index < -0.39 is 35.4 Å². The average molecular weight is 353 g/mol. The number of carboxylic acids is 1. The summed E-state index contributed by atoms with van der Waals surface area (Å²) >= 11 is 0. The number of aryl methyl sites for hydroxylation is 1. The van der Waals surface area contributed by atoms with Crippen LogP contribution < -0.4 is 10.9 Å². The molecule has 7 heteroatoms. The van der Waals surface area contributed by atoms with Gasteiger partial charge >= 0.3 is 11.6 Å². The summed E-state index contributed by atoms with van der Waals surface area (Å²) in [5.41, 5.74) is 1.23. The SMILES string of the molecule is Cc1cccc(-c2ccc3c(O)c(C(=O)NCC(=O)O)c(=O)oc3c2)c1. The van der Waals surface area contributed by atoms with E-state index in [-0.39, 0.29) is 11.0 Å². The first-order valence-electron chi connectivity index (χ1n) is 7.73. The van der Waals surface area contributed by atoms with Gasteiger partial charge in [0.15, 0.2) is 5.56 Å². The zero-order valence-electron chi connectivity index (χ0n) is 13.8. The van der Waals surface area contributed by atoms with Crippen LogP contribution in [0.5, 0.6) is 5.75 Å². The Morgan fingerprint density at radius 3 is 2.54 bits per heavy atom. The quantitative estimate of drug-likeness (QED) is 0.620. The molecule has 132 valence electrons. The van der Waals surface area contributed by atoms with Crippen molar-refractivity contribution in [3.8, 4) is 16.9 Å². The molecule has 0 unspecified atom stereocenters. The van der Waals surface area contributed by atoms with Crippen molar-refractivity contribution in [3.63, 3.8) is 0 Å². The first kappa shape index (κ1) is 17.2. The van der Waals surface area contributed by atoms with E-state index in [2.05, 4.69) is 0 Å². The van der Waals surface area contributed by atoms with E-state index in [1.165, 1.54) is 0 Å². The number of aliphatic carboxylic acids is 1. The zero-order chi connectivity index (χ0) is 18.8. The largest absolute Gasteiger partial charge is 0.506 e. The van der Waals surface area contributed by atoms with Crippen molar-refractivity contribution < 1.29 is 24.2 Å². The summed E-state index contributed by atoms with van der Waals surface area (Å²) in [5.74, 6) is -2.83. The van der Waals surface area contributed by atoms with Gasteiger partial charge in [0.1, 0.15) is 17.9 Å². The molecule has 1 aromatic heterocycles. The van der Waals surface area contributed by atoms with Crippen molar-refractivity contribution in [3.05, 3.63) is 64.0 Å². The number of nitrogens with one attached hydrogen (secondary N) is 1. The molecule has 0 saturated heterocycles. The Balaban J connectivity index is 2.08. The molecule has 0 fully saturated rings. The number of carbonyl (C=O) groups excluding carboxylic acids is 1. The Bertz CT molecular complexity index is 1080. The first-order chi connectivity index (χ1) is 12.4. The molecule has 0 radical (unpaired) electrons. The highest BCUT2D eigenvalue weighted by atomic mass is 16.4. The Kier molecular flexibility index (Phi) is 4.45. The first-order valence-corrected chi connectivity index (χ1v) is 7.73. The lowest BCUT2D eigenvalue weighted by molar-refractivity contribution is -0.135. The number of benzene rings is 2. The van der Waals surface area contributed by atoms with Crippen LogP contribution in [0.15, 0.2) is 51.7 Å². The number of carbonyl (C=O) groups is 2. The van der Waals surface area contributed by atoms with Crippen molar-refractivity contribution in [2.24, 2.45) is 0 Å². The summed E-state index contributed by atoms with van der Waals surface area (Å²) in [4.78, 5) is 34.6. The van der Waals surface area contributed by atoms with Crippen molar-refractivity contribution >= 4 is 22.8 Å². The highest BCUT2D eigenvalue weighted by Crippen LogP contribution is 2.30.